The van der Waals surface area contributed by atoms with Gasteiger partial charge in [-0.3, -0.25) is 0 Å². The molecule has 0 saturated carbocycles. The minimum absolute atomic E-state index is 0.623. The predicted octanol–water partition coefficient (Wildman–Crippen LogP) is 3.96. The van der Waals surface area contributed by atoms with E-state index in [0.29, 0.717) is 12.5 Å². The van der Waals surface area contributed by atoms with Crippen LogP contribution in [0, 0.1) is 0 Å². The summed E-state index contributed by atoms with van der Waals surface area (Å²) in [5.41, 5.74) is 2.06. The molecule has 22 heavy (non-hydrogen) atoms. The SMILES string of the molecule is CN(C)c1nc(NCc2ccc(Cl)cc2)nc2ccccc12. The number of aromatic nitrogens is 2. The first kappa shape index (κ1) is 14.6. The summed E-state index contributed by atoms with van der Waals surface area (Å²) in [7, 11) is 3.97. The molecular weight excluding hydrogens is 296 g/mol. The number of rotatable bonds is 4. The maximum atomic E-state index is 5.90. The van der Waals surface area contributed by atoms with Gasteiger partial charge in [0, 0.05) is 31.0 Å². The fraction of sp³-hybridized carbons (Fsp3) is 0.176. The van der Waals surface area contributed by atoms with Crippen LogP contribution >= 0.6 is 11.6 Å². The summed E-state index contributed by atoms with van der Waals surface area (Å²) in [6, 6.07) is 15.8. The standard InChI is InChI=1S/C17H17ClN4/c1-22(2)16-14-5-3-4-6-15(14)20-17(21-16)19-11-12-7-9-13(18)10-8-12/h3-10H,11H2,1-2H3,(H,19,20,21). The van der Waals surface area contributed by atoms with E-state index in [1.54, 1.807) is 0 Å². The molecule has 1 heterocycles. The van der Waals surface area contributed by atoms with E-state index in [2.05, 4.69) is 15.3 Å². The minimum Gasteiger partial charge on any atom is -0.362 e. The highest BCUT2D eigenvalue weighted by Crippen LogP contribution is 2.23. The second-order valence-corrected chi connectivity index (χ2v) is 5.70. The first-order chi connectivity index (χ1) is 10.6. The molecule has 4 nitrogen and oxygen atoms in total. The van der Waals surface area contributed by atoms with Gasteiger partial charge in [-0.1, -0.05) is 35.9 Å². The maximum absolute atomic E-state index is 5.90. The molecule has 0 aliphatic heterocycles. The Kier molecular flexibility index (Phi) is 4.11. The van der Waals surface area contributed by atoms with Gasteiger partial charge in [0.1, 0.15) is 5.82 Å². The second kappa shape index (κ2) is 6.20. The highest BCUT2D eigenvalue weighted by molar-refractivity contribution is 6.30. The fourth-order valence-electron chi connectivity index (χ4n) is 2.26. The van der Waals surface area contributed by atoms with Crippen molar-refractivity contribution in [2.75, 3.05) is 24.3 Å². The molecule has 3 aromatic rings. The summed E-state index contributed by atoms with van der Waals surface area (Å²) in [6.07, 6.45) is 0. The average molecular weight is 313 g/mol. The van der Waals surface area contributed by atoms with Gasteiger partial charge in [-0.05, 0) is 29.8 Å². The van der Waals surface area contributed by atoms with Crippen molar-refractivity contribution < 1.29 is 0 Å². The van der Waals surface area contributed by atoms with Crippen LogP contribution in [0.15, 0.2) is 48.5 Å². The van der Waals surface area contributed by atoms with E-state index in [1.807, 2.05) is 67.5 Å². The van der Waals surface area contributed by atoms with Crippen LogP contribution in [0.5, 0.6) is 0 Å². The van der Waals surface area contributed by atoms with Gasteiger partial charge in [-0.25, -0.2) is 4.98 Å². The number of fused-ring (bicyclic) bond motifs is 1. The molecule has 1 aromatic heterocycles. The van der Waals surface area contributed by atoms with Gasteiger partial charge in [-0.2, -0.15) is 4.98 Å². The first-order valence-electron chi connectivity index (χ1n) is 7.06. The lowest BCUT2D eigenvalue weighted by Gasteiger charge is -2.15. The monoisotopic (exact) mass is 312 g/mol. The summed E-state index contributed by atoms with van der Waals surface area (Å²) in [6.45, 7) is 0.655. The third-order valence-corrected chi connectivity index (χ3v) is 3.62. The molecule has 0 fully saturated rings. The van der Waals surface area contributed by atoms with Crippen LogP contribution in [0.25, 0.3) is 10.9 Å². The summed E-state index contributed by atoms with van der Waals surface area (Å²) in [5, 5.41) is 5.06. The Bertz CT molecular complexity index is 784. The average Bonchev–Trinajstić information content (AvgIpc) is 2.53. The van der Waals surface area contributed by atoms with Gasteiger partial charge in [0.2, 0.25) is 5.95 Å². The highest BCUT2D eigenvalue weighted by Gasteiger charge is 2.08. The number of nitrogens with zero attached hydrogens (tertiary/aromatic N) is 3. The predicted molar refractivity (Wildman–Crippen MR) is 92.6 cm³/mol. The van der Waals surface area contributed by atoms with Crippen LogP contribution in [0.1, 0.15) is 5.56 Å². The molecule has 0 radical (unpaired) electrons. The zero-order valence-electron chi connectivity index (χ0n) is 12.5. The molecule has 0 saturated heterocycles. The van der Waals surface area contributed by atoms with E-state index < -0.39 is 0 Å². The molecule has 0 amide bonds. The van der Waals surface area contributed by atoms with E-state index in [9.17, 15) is 0 Å². The van der Waals surface area contributed by atoms with E-state index in [-0.39, 0.29) is 0 Å². The van der Waals surface area contributed by atoms with Gasteiger partial charge >= 0.3 is 0 Å². The molecule has 0 aliphatic carbocycles. The Labute approximate surface area is 134 Å². The van der Waals surface area contributed by atoms with Crippen LogP contribution in [0.4, 0.5) is 11.8 Å². The molecule has 0 atom stereocenters. The quantitative estimate of drug-likeness (QED) is 0.791. The van der Waals surface area contributed by atoms with Gasteiger partial charge in [0.25, 0.3) is 0 Å². The van der Waals surface area contributed by atoms with Crippen molar-refractivity contribution in [3.8, 4) is 0 Å². The lowest BCUT2D eigenvalue weighted by molar-refractivity contribution is 1.03. The molecule has 0 aliphatic rings. The number of benzene rings is 2. The Balaban J connectivity index is 1.89. The smallest absolute Gasteiger partial charge is 0.225 e. The van der Waals surface area contributed by atoms with Gasteiger partial charge in [-0.15, -0.1) is 0 Å². The number of nitrogens with one attached hydrogen (secondary N) is 1. The van der Waals surface area contributed by atoms with Crippen LogP contribution in [-0.2, 0) is 6.54 Å². The lowest BCUT2D eigenvalue weighted by atomic mass is 10.2. The highest BCUT2D eigenvalue weighted by atomic mass is 35.5. The molecule has 0 spiro atoms. The van der Waals surface area contributed by atoms with E-state index in [4.69, 9.17) is 11.6 Å². The van der Waals surface area contributed by atoms with E-state index in [1.165, 1.54) is 0 Å². The van der Waals surface area contributed by atoms with Crippen LogP contribution in [0.3, 0.4) is 0 Å². The third kappa shape index (κ3) is 3.12. The summed E-state index contributed by atoms with van der Waals surface area (Å²) in [5.74, 6) is 1.53. The Hall–Kier alpha value is -2.33. The summed E-state index contributed by atoms with van der Waals surface area (Å²) in [4.78, 5) is 11.2. The van der Waals surface area contributed by atoms with E-state index in [0.717, 1.165) is 27.3 Å². The lowest BCUT2D eigenvalue weighted by Crippen LogP contribution is -2.13. The Morgan fingerprint density at radius 2 is 1.73 bits per heavy atom. The molecule has 5 heteroatoms. The molecular formula is C17H17ClN4. The number of anilines is 2. The third-order valence-electron chi connectivity index (χ3n) is 3.37. The van der Waals surface area contributed by atoms with Crippen molar-refractivity contribution in [3.63, 3.8) is 0 Å². The minimum atomic E-state index is 0.623. The summed E-state index contributed by atoms with van der Waals surface area (Å²) < 4.78 is 0. The molecule has 3 rings (SSSR count). The number of halogens is 1. The molecule has 2 aromatic carbocycles. The Morgan fingerprint density at radius 3 is 2.45 bits per heavy atom. The fourth-order valence-corrected chi connectivity index (χ4v) is 2.39. The van der Waals surface area contributed by atoms with Crippen LogP contribution < -0.4 is 10.2 Å². The first-order valence-corrected chi connectivity index (χ1v) is 7.44. The zero-order chi connectivity index (χ0) is 15.5. The largest absolute Gasteiger partial charge is 0.362 e. The summed E-state index contributed by atoms with van der Waals surface area (Å²) >= 11 is 5.90. The van der Waals surface area contributed by atoms with Crippen molar-refractivity contribution in [3.05, 3.63) is 59.1 Å². The molecule has 0 bridgehead atoms. The zero-order valence-corrected chi connectivity index (χ0v) is 13.3. The normalized spacial score (nSPS) is 10.7. The van der Waals surface area contributed by atoms with Gasteiger partial charge in [0.05, 0.1) is 5.52 Å². The maximum Gasteiger partial charge on any atom is 0.225 e. The van der Waals surface area contributed by atoms with Crippen molar-refractivity contribution in [1.82, 2.24) is 9.97 Å². The van der Waals surface area contributed by atoms with Gasteiger partial charge in [0.15, 0.2) is 0 Å². The Morgan fingerprint density at radius 1 is 1.00 bits per heavy atom. The number of hydrogen-bond acceptors (Lipinski definition) is 4. The van der Waals surface area contributed by atoms with Crippen molar-refractivity contribution in [2.24, 2.45) is 0 Å². The molecule has 1 N–H and O–H groups in total. The van der Waals surface area contributed by atoms with Crippen LogP contribution in [0.2, 0.25) is 5.02 Å². The van der Waals surface area contributed by atoms with E-state index >= 15 is 0 Å². The van der Waals surface area contributed by atoms with Crippen molar-refractivity contribution in [2.45, 2.75) is 6.54 Å². The van der Waals surface area contributed by atoms with Crippen molar-refractivity contribution in [1.29, 1.82) is 0 Å². The number of hydrogen-bond donors (Lipinski definition) is 1. The number of para-hydroxylation sites is 1. The second-order valence-electron chi connectivity index (χ2n) is 5.26. The van der Waals surface area contributed by atoms with Crippen molar-refractivity contribution >= 4 is 34.3 Å². The topological polar surface area (TPSA) is 41.1 Å². The van der Waals surface area contributed by atoms with Gasteiger partial charge < -0.3 is 10.2 Å². The molecule has 112 valence electrons. The molecule has 0 unspecified atom stereocenters. The van der Waals surface area contributed by atoms with Crippen LogP contribution in [-0.4, -0.2) is 24.1 Å².